The summed E-state index contributed by atoms with van der Waals surface area (Å²) in [5.74, 6) is 0. The first-order valence-corrected chi connectivity index (χ1v) is 5.97. The third-order valence-corrected chi connectivity index (χ3v) is 3.37. The van der Waals surface area contributed by atoms with Gasteiger partial charge in [-0.2, -0.15) is 5.10 Å². The van der Waals surface area contributed by atoms with E-state index in [1.807, 2.05) is 36.4 Å². The van der Waals surface area contributed by atoms with E-state index in [1.54, 1.807) is 0 Å². The molecular weight excluding hydrogens is 238 g/mol. The molecule has 2 aromatic heterocycles. The fourth-order valence-electron chi connectivity index (χ4n) is 1.52. The second-order valence-corrected chi connectivity index (χ2v) is 4.97. The van der Waals surface area contributed by atoms with E-state index in [-0.39, 0.29) is 0 Å². The summed E-state index contributed by atoms with van der Waals surface area (Å²) in [6, 6.07) is 12.0. The number of aromatic amines is 1. The summed E-state index contributed by atoms with van der Waals surface area (Å²) in [4.78, 5) is 4.54. The quantitative estimate of drug-likeness (QED) is 0.668. The van der Waals surface area contributed by atoms with Gasteiger partial charge in [0, 0.05) is 5.39 Å². The van der Waals surface area contributed by atoms with Crippen LogP contribution in [0.4, 0.5) is 0 Å². The van der Waals surface area contributed by atoms with Crippen LogP contribution in [0.5, 0.6) is 0 Å². The maximum Gasteiger partial charge on any atom is 0.176 e. The Morgan fingerprint density at radius 2 is 2.00 bits per heavy atom. The Kier molecular flexibility index (Phi) is 2.27. The van der Waals surface area contributed by atoms with Crippen molar-refractivity contribution < 1.29 is 0 Å². The van der Waals surface area contributed by atoms with Gasteiger partial charge in [-0.25, -0.2) is 4.98 Å². The Morgan fingerprint density at radius 3 is 2.81 bits per heavy atom. The normalized spacial score (nSPS) is 10.8. The van der Waals surface area contributed by atoms with Crippen LogP contribution in [-0.4, -0.2) is 15.2 Å². The SMILES string of the molecule is S=c1[nH]nc(-c2ccc3ccccc3n2)s1. The summed E-state index contributed by atoms with van der Waals surface area (Å²) in [5, 5.41) is 8.84. The number of rotatable bonds is 1. The van der Waals surface area contributed by atoms with Crippen LogP contribution in [0, 0.1) is 3.95 Å². The molecule has 0 amide bonds. The van der Waals surface area contributed by atoms with Gasteiger partial charge in [-0.05, 0) is 24.4 Å². The monoisotopic (exact) mass is 245 g/mol. The van der Waals surface area contributed by atoms with Gasteiger partial charge in [-0.1, -0.05) is 35.6 Å². The van der Waals surface area contributed by atoms with Crippen molar-refractivity contribution in [1.82, 2.24) is 15.2 Å². The van der Waals surface area contributed by atoms with Gasteiger partial charge in [-0.3, -0.25) is 5.10 Å². The second kappa shape index (κ2) is 3.77. The van der Waals surface area contributed by atoms with E-state index >= 15 is 0 Å². The Labute approximate surface area is 101 Å². The average Bonchev–Trinajstić information content (AvgIpc) is 2.75. The van der Waals surface area contributed by atoms with Gasteiger partial charge in [0.1, 0.15) is 5.69 Å². The molecule has 0 bridgehead atoms. The van der Waals surface area contributed by atoms with Crippen LogP contribution >= 0.6 is 23.6 Å². The van der Waals surface area contributed by atoms with Crippen LogP contribution < -0.4 is 0 Å². The van der Waals surface area contributed by atoms with Crippen LogP contribution in [0.25, 0.3) is 21.6 Å². The summed E-state index contributed by atoms with van der Waals surface area (Å²) < 4.78 is 0.671. The number of aromatic nitrogens is 3. The van der Waals surface area contributed by atoms with Gasteiger partial charge in [0.15, 0.2) is 8.96 Å². The molecule has 1 N–H and O–H groups in total. The smallest absolute Gasteiger partial charge is 0.176 e. The molecule has 3 rings (SSSR count). The number of fused-ring (bicyclic) bond motifs is 1. The number of pyridine rings is 1. The lowest BCUT2D eigenvalue weighted by molar-refractivity contribution is 1.08. The predicted octanol–water partition coefficient (Wildman–Crippen LogP) is 3.42. The molecular formula is C11H7N3S2. The van der Waals surface area contributed by atoms with Crippen molar-refractivity contribution in [3.63, 3.8) is 0 Å². The van der Waals surface area contributed by atoms with Crippen molar-refractivity contribution in [2.24, 2.45) is 0 Å². The molecule has 5 heteroatoms. The van der Waals surface area contributed by atoms with Gasteiger partial charge in [-0.15, -0.1) is 0 Å². The minimum Gasteiger partial charge on any atom is -0.258 e. The first-order chi connectivity index (χ1) is 7.83. The predicted molar refractivity (Wildman–Crippen MR) is 68.0 cm³/mol. The molecule has 0 saturated carbocycles. The molecule has 0 atom stereocenters. The standard InChI is InChI=1S/C11H7N3S2/c15-11-14-13-10(16-11)9-6-5-7-3-1-2-4-8(7)12-9/h1-6H,(H,14,15). The van der Waals surface area contributed by atoms with Crippen LogP contribution in [-0.2, 0) is 0 Å². The third kappa shape index (κ3) is 1.64. The highest BCUT2D eigenvalue weighted by Crippen LogP contribution is 2.22. The minimum atomic E-state index is 0.671. The number of hydrogen-bond acceptors (Lipinski definition) is 4. The van der Waals surface area contributed by atoms with E-state index in [1.165, 1.54) is 11.3 Å². The van der Waals surface area contributed by atoms with Crippen molar-refractivity contribution in [3.05, 3.63) is 40.4 Å². The largest absolute Gasteiger partial charge is 0.258 e. The average molecular weight is 245 g/mol. The topological polar surface area (TPSA) is 41.6 Å². The molecule has 1 aromatic carbocycles. The Hall–Kier alpha value is -1.59. The van der Waals surface area contributed by atoms with Gasteiger partial charge >= 0.3 is 0 Å². The fourth-order valence-corrected chi connectivity index (χ4v) is 2.38. The lowest BCUT2D eigenvalue weighted by Gasteiger charge is -1.98. The highest BCUT2D eigenvalue weighted by molar-refractivity contribution is 7.73. The van der Waals surface area contributed by atoms with E-state index in [4.69, 9.17) is 12.2 Å². The van der Waals surface area contributed by atoms with Crippen molar-refractivity contribution in [2.75, 3.05) is 0 Å². The highest BCUT2D eigenvalue weighted by Gasteiger charge is 2.04. The molecule has 16 heavy (non-hydrogen) atoms. The summed E-state index contributed by atoms with van der Waals surface area (Å²) in [7, 11) is 0. The van der Waals surface area contributed by atoms with Gasteiger partial charge in [0.25, 0.3) is 0 Å². The van der Waals surface area contributed by atoms with Crippen molar-refractivity contribution in [3.8, 4) is 10.7 Å². The van der Waals surface area contributed by atoms with Crippen LogP contribution in [0.3, 0.4) is 0 Å². The molecule has 3 aromatic rings. The number of hydrogen-bond donors (Lipinski definition) is 1. The van der Waals surface area contributed by atoms with Crippen molar-refractivity contribution in [2.45, 2.75) is 0 Å². The number of nitrogens with one attached hydrogen (secondary N) is 1. The molecule has 0 radical (unpaired) electrons. The molecule has 0 aliphatic heterocycles. The summed E-state index contributed by atoms with van der Waals surface area (Å²) in [5.41, 5.74) is 1.83. The first kappa shape index (κ1) is 9.62. The maximum absolute atomic E-state index is 5.00. The molecule has 78 valence electrons. The van der Waals surface area contributed by atoms with Crippen molar-refractivity contribution >= 4 is 34.5 Å². The molecule has 0 spiro atoms. The molecule has 0 saturated heterocycles. The summed E-state index contributed by atoms with van der Waals surface area (Å²) in [6.07, 6.45) is 0. The van der Waals surface area contributed by atoms with E-state index in [2.05, 4.69) is 15.2 Å². The third-order valence-electron chi connectivity index (χ3n) is 2.26. The van der Waals surface area contributed by atoms with E-state index in [9.17, 15) is 0 Å². The minimum absolute atomic E-state index is 0.671. The summed E-state index contributed by atoms with van der Waals surface area (Å²) in [6.45, 7) is 0. The fraction of sp³-hybridized carbons (Fsp3) is 0. The van der Waals surface area contributed by atoms with Crippen LogP contribution in [0.1, 0.15) is 0 Å². The van der Waals surface area contributed by atoms with E-state index in [0.29, 0.717) is 3.95 Å². The maximum atomic E-state index is 5.00. The number of para-hydroxylation sites is 1. The molecule has 0 fully saturated rings. The van der Waals surface area contributed by atoms with Gasteiger partial charge < -0.3 is 0 Å². The highest BCUT2D eigenvalue weighted by atomic mass is 32.1. The zero-order valence-corrected chi connectivity index (χ0v) is 9.81. The Morgan fingerprint density at radius 1 is 1.12 bits per heavy atom. The van der Waals surface area contributed by atoms with Crippen LogP contribution in [0.2, 0.25) is 0 Å². The molecule has 0 unspecified atom stereocenters. The Balaban J connectivity index is 2.22. The number of benzene rings is 1. The second-order valence-electron chi connectivity index (χ2n) is 3.31. The molecule has 0 aliphatic carbocycles. The van der Waals surface area contributed by atoms with Gasteiger partial charge in [0.05, 0.1) is 5.52 Å². The van der Waals surface area contributed by atoms with Crippen LogP contribution in [0.15, 0.2) is 36.4 Å². The zero-order valence-electron chi connectivity index (χ0n) is 8.18. The molecule has 0 aliphatic rings. The number of H-pyrrole nitrogens is 1. The number of nitrogens with zero attached hydrogens (tertiary/aromatic N) is 2. The van der Waals surface area contributed by atoms with Crippen molar-refractivity contribution in [1.29, 1.82) is 0 Å². The lowest BCUT2D eigenvalue weighted by atomic mass is 10.2. The lowest BCUT2D eigenvalue weighted by Crippen LogP contribution is -1.84. The molecule has 2 heterocycles. The Bertz CT molecular complexity index is 699. The molecule has 3 nitrogen and oxygen atoms in total. The summed E-state index contributed by atoms with van der Waals surface area (Å²) >= 11 is 6.44. The zero-order chi connectivity index (χ0) is 11.0. The van der Waals surface area contributed by atoms with E-state index in [0.717, 1.165) is 21.6 Å². The van der Waals surface area contributed by atoms with E-state index < -0.39 is 0 Å². The first-order valence-electron chi connectivity index (χ1n) is 4.74. The van der Waals surface area contributed by atoms with Gasteiger partial charge in [0.2, 0.25) is 0 Å².